The molecule has 0 aliphatic heterocycles. The van der Waals surface area contributed by atoms with E-state index in [9.17, 15) is 13.2 Å². The first kappa shape index (κ1) is 18.8. The topological polar surface area (TPSA) is 76.4 Å². The number of aryl methyl sites for hydroxylation is 1. The molecular formula is C18H15Cl2NO4S. The molecule has 3 rings (SSSR count). The van der Waals surface area contributed by atoms with Crippen LogP contribution in [-0.2, 0) is 9.84 Å². The molecule has 0 saturated carbocycles. The maximum atomic E-state index is 12.3. The van der Waals surface area contributed by atoms with E-state index in [0.29, 0.717) is 21.2 Å². The van der Waals surface area contributed by atoms with Gasteiger partial charge in [-0.05, 0) is 49.4 Å². The molecule has 0 bridgehead atoms. The van der Waals surface area contributed by atoms with Crippen LogP contribution in [0.1, 0.15) is 16.1 Å². The summed E-state index contributed by atoms with van der Waals surface area (Å²) in [7, 11) is -3.52. The number of benzene rings is 2. The van der Waals surface area contributed by atoms with Crippen LogP contribution in [-0.4, -0.2) is 26.6 Å². The molecule has 0 atom stereocenters. The lowest BCUT2D eigenvalue weighted by Crippen LogP contribution is -2.29. The Morgan fingerprint density at radius 3 is 2.42 bits per heavy atom. The molecule has 3 aromatic rings. The standard InChI is InChI=1S/C18H15Cl2NO4S/c1-11-15-10-13(20)4-7-16(15)25-17(11)18(22)21-8-9-26(23,24)14-5-2-12(19)3-6-14/h2-7,10H,8-9H2,1H3,(H,21,22). The monoisotopic (exact) mass is 411 g/mol. The van der Waals surface area contributed by atoms with E-state index in [1.165, 1.54) is 24.3 Å². The minimum Gasteiger partial charge on any atom is -0.451 e. The van der Waals surface area contributed by atoms with Gasteiger partial charge in [-0.15, -0.1) is 0 Å². The number of carbonyl (C=O) groups excluding carboxylic acids is 1. The van der Waals surface area contributed by atoms with Gasteiger partial charge in [0.2, 0.25) is 0 Å². The number of furan rings is 1. The van der Waals surface area contributed by atoms with Crippen molar-refractivity contribution in [1.82, 2.24) is 5.32 Å². The smallest absolute Gasteiger partial charge is 0.287 e. The molecule has 1 heterocycles. The molecule has 0 aliphatic rings. The number of rotatable bonds is 5. The van der Waals surface area contributed by atoms with Crippen LogP contribution in [0.2, 0.25) is 10.0 Å². The largest absolute Gasteiger partial charge is 0.451 e. The lowest BCUT2D eigenvalue weighted by Gasteiger charge is -2.06. The number of hydrogen-bond donors (Lipinski definition) is 1. The Kier molecular flexibility index (Phi) is 5.27. The first-order chi connectivity index (χ1) is 12.3. The first-order valence-electron chi connectivity index (χ1n) is 7.73. The van der Waals surface area contributed by atoms with Crippen molar-refractivity contribution >= 4 is 49.9 Å². The lowest BCUT2D eigenvalue weighted by atomic mass is 10.1. The summed E-state index contributed by atoms with van der Waals surface area (Å²) in [5, 5.41) is 4.33. The van der Waals surface area contributed by atoms with Gasteiger partial charge in [0.05, 0.1) is 10.6 Å². The molecule has 26 heavy (non-hydrogen) atoms. The van der Waals surface area contributed by atoms with E-state index in [-0.39, 0.29) is 23.0 Å². The fraction of sp³-hybridized carbons (Fsp3) is 0.167. The number of amides is 1. The molecule has 0 saturated heterocycles. The van der Waals surface area contributed by atoms with E-state index in [0.717, 1.165) is 5.39 Å². The van der Waals surface area contributed by atoms with E-state index < -0.39 is 15.7 Å². The summed E-state index contributed by atoms with van der Waals surface area (Å²) in [6.07, 6.45) is 0. The second-order valence-electron chi connectivity index (χ2n) is 5.73. The average Bonchev–Trinajstić information content (AvgIpc) is 2.91. The summed E-state index contributed by atoms with van der Waals surface area (Å²) in [6.45, 7) is 1.71. The minimum absolute atomic E-state index is 0.0406. The van der Waals surface area contributed by atoms with Crippen LogP contribution >= 0.6 is 23.2 Å². The lowest BCUT2D eigenvalue weighted by molar-refractivity contribution is 0.0930. The van der Waals surface area contributed by atoms with Gasteiger partial charge in [0, 0.05) is 27.5 Å². The maximum Gasteiger partial charge on any atom is 0.287 e. The summed E-state index contributed by atoms with van der Waals surface area (Å²) >= 11 is 11.7. The van der Waals surface area contributed by atoms with Gasteiger partial charge in [0.1, 0.15) is 5.58 Å². The molecule has 136 valence electrons. The number of sulfone groups is 1. The molecule has 1 amide bonds. The van der Waals surface area contributed by atoms with E-state index in [2.05, 4.69) is 5.32 Å². The quantitative estimate of drug-likeness (QED) is 0.680. The summed E-state index contributed by atoms with van der Waals surface area (Å²) in [6, 6.07) is 11.0. The Bertz CT molecular complexity index is 1070. The van der Waals surface area contributed by atoms with Crippen molar-refractivity contribution in [1.29, 1.82) is 0 Å². The molecule has 0 fully saturated rings. The van der Waals surface area contributed by atoms with Crippen molar-refractivity contribution in [3.63, 3.8) is 0 Å². The second-order valence-corrected chi connectivity index (χ2v) is 8.71. The predicted octanol–water partition coefficient (Wildman–Crippen LogP) is 4.25. The Morgan fingerprint density at radius 2 is 1.73 bits per heavy atom. The SMILES string of the molecule is Cc1c(C(=O)NCCS(=O)(=O)c2ccc(Cl)cc2)oc2ccc(Cl)cc12. The van der Waals surface area contributed by atoms with Gasteiger partial charge in [-0.2, -0.15) is 0 Å². The van der Waals surface area contributed by atoms with Gasteiger partial charge >= 0.3 is 0 Å². The van der Waals surface area contributed by atoms with Crippen molar-refractivity contribution in [2.45, 2.75) is 11.8 Å². The van der Waals surface area contributed by atoms with E-state index >= 15 is 0 Å². The zero-order valence-electron chi connectivity index (χ0n) is 13.8. The van der Waals surface area contributed by atoms with Gasteiger partial charge in [-0.3, -0.25) is 4.79 Å². The molecule has 8 heteroatoms. The molecule has 1 N–H and O–H groups in total. The summed E-state index contributed by atoms with van der Waals surface area (Å²) in [5.74, 6) is -0.557. The van der Waals surface area contributed by atoms with Crippen LogP contribution in [0.3, 0.4) is 0 Å². The van der Waals surface area contributed by atoms with Gasteiger partial charge in [-0.1, -0.05) is 23.2 Å². The first-order valence-corrected chi connectivity index (χ1v) is 10.1. The number of fused-ring (bicyclic) bond motifs is 1. The molecular weight excluding hydrogens is 397 g/mol. The fourth-order valence-electron chi connectivity index (χ4n) is 2.55. The summed E-state index contributed by atoms with van der Waals surface area (Å²) in [4.78, 5) is 12.5. The molecule has 0 radical (unpaired) electrons. The maximum absolute atomic E-state index is 12.3. The van der Waals surface area contributed by atoms with Crippen molar-refractivity contribution in [3.8, 4) is 0 Å². The third-order valence-corrected chi connectivity index (χ3v) is 6.15. The highest BCUT2D eigenvalue weighted by atomic mass is 35.5. The van der Waals surface area contributed by atoms with Crippen molar-refractivity contribution in [2.24, 2.45) is 0 Å². The third-order valence-electron chi connectivity index (χ3n) is 3.93. The average molecular weight is 412 g/mol. The fourth-order valence-corrected chi connectivity index (χ4v) is 4.00. The van der Waals surface area contributed by atoms with Crippen LogP contribution in [0.15, 0.2) is 51.8 Å². The summed E-state index contributed by atoms with van der Waals surface area (Å²) < 4.78 is 30.1. The third kappa shape index (κ3) is 3.87. The van der Waals surface area contributed by atoms with Crippen molar-refractivity contribution in [3.05, 3.63) is 63.8 Å². The van der Waals surface area contributed by atoms with Gasteiger partial charge < -0.3 is 9.73 Å². The van der Waals surface area contributed by atoms with Gasteiger partial charge in [-0.25, -0.2) is 8.42 Å². The second kappa shape index (κ2) is 7.31. The minimum atomic E-state index is -3.52. The summed E-state index contributed by atoms with van der Waals surface area (Å²) in [5.41, 5.74) is 1.20. The molecule has 0 spiro atoms. The molecule has 2 aromatic carbocycles. The number of nitrogens with one attached hydrogen (secondary N) is 1. The molecule has 0 unspecified atom stereocenters. The predicted molar refractivity (Wildman–Crippen MR) is 102 cm³/mol. The van der Waals surface area contributed by atoms with E-state index in [4.69, 9.17) is 27.6 Å². The van der Waals surface area contributed by atoms with Crippen molar-refractivity contribution in [2.75, 3.05) is 12.3 Å². The Hall–Kier alpha value is -2.02. The van der Waals surface area contributed by atoms with Gasteiger partial charge in [0.15, 0.2) is 15.6 Å². The molecule has 5 nitrogen and oxygen atoms in total. The Balaban J connectivity index is 1.69. The highest BCUT2D eigenvalue weighted by molar-refractivity contribution is 7.91. The van der Waals surface area contributed by atoms with Crippen LogP contribution in [0.25, 0.3) is 11.0 Å². The zero-order valence-corrected chi connectivity index (χ0v) is 16.1. The molecule has 1 aromatic heterocycles. The van der Waals surface area contributed by atoms with Crippen LogP contribution in [0.5, 0.6) is 0 Å². The highest BCUT2D eigenvalue weighted by Crippen LogP contribution is 2.27. The van der Waals surface area contributed by atoms with Gasteiger partial charge in [0.25, 0.3) is 5.91 Å². The number of carbonyl (C=O) groups is 1. The zero-order chi connectivity index (χ0) is 18.9. The normalized spacial score (nSPS) is 11.7. The molecule has 0 aliphatic carbocycles. The van der Waals surface area contributed by atoms with Crippen LogP contribution in [0, 0.1) is 6.92 Å². The Labute approximate surface area is 160 Å². The van der Waals surface area contributed by atoms with E-state index in [1.54, 1.807) is 25.1 Å². The van der Waals surface area contributed by atoms with Crippen LogP contribution in [0.4, 0.5) is 0 Å². The number of hydrogen-bond acceptors (Lipinski definition) is 4. The Morgan fingerprint density at radius 1 is 1.08 bits per heavy atom. The number of halogens is 2. The highest BCUT2D eigenvalue weighted by Gasteiger charge is 2.19. The van der Waals surface area contributed by atoms with E-state index in [1.807, 2.05) is 0 Å². The van der Waals surface area contributed by atoms with Crippen molar-refractivity contribution < 1.29 is 17.6 Å². The van der Waals surface area contributed by atoms with Crippen LogP contribution < -0.4 is 5.32 Å².